The first-order valence-corrected chi connectivity index (χ1v) is 6.06. The molecule has 0 aromatic heterocycles. The lowest BCUT2D eigenvalue weighted by Crippen LogP contribution is -2.38. The van der Waals surface area contributed by atoms with Gasteiger partial charge in [0.15, 0.2) is 0 Å². The Labute approximate surface area is 93.1 Å². The van der Waals surface area contributed by atoms with E-state index in [1.54, 1.807) is 0 Å². The smallest absolute Gasteiger partial charge is 0.0458 e. The Kier molecular flexibility index (Phi) is 3.11. The van der Waals surface area contributed by atoms with Crippen LogP contribution < -0.4 is 0 Å². The Morgan fingerprint density at radius 1 is 1.27 bits per heavy atom. The van der Waals surface area contributed by atoms with Crippen molar-refractivity contribution >= 4 is 0 Å². The molecule has 2 rings (SSSR count). The van der Waals surface area contributed by atoms with Gasteiger partial charge < -0.3 is 0 Å². The molecule has 0 aliphatic carbocycles. The van der Waals surface area contributed by atoms with Crippen LogP contribution in [0.25, 0.3) is 0 Å². The maximum atomic E-state index is 2.55. The molecule has 0 bridgehead atoms. The molecule has 15 heavy (non-hydrogen) atoms. The molecule has 0 amide bonds. The second-order valence-electron chi connectivity index (χ2n) is 4.67. The SMILES string of the molecule is CCCC1(c2ccccc2)CCCN1C. The molecule has 0 saturated carbocycles. The van der Waals surface area contributed by atoms with Crippen LogP contribution in [0.5, 0.6) is 0 Å². The molecule has 1 saturated heterocycles. The highest BCUT2D eigenvalue weighted by atomic mass is 15.2. The van der Waals surface area contributed by atoms with Crippen LogP contribution in [0.2, 0.25) is 0 Å². The third kappa shape index (κ3) is 1.81. The van der Waals surface area contributed by atoms with Crippen LogP contribution in [-0.4, -0.2) is 18.5 Å². The molecule has 0 spiro atoms. The Morgan fingerprint density at radius 2 is 2.00 bits per heavy atom. The highest BCUT2D eigenvalue weighted by molar-refractivity contribution is 5.25. The molecule has 1 unspecified atom stereocenters. The first-order chi connectivity index (χ1) is 7.29. The predicted molar refractivity (Wildman–Crippen MR) is 64.9 cm³/mol. The summed E-state index contributed by atoms with van der Waals surface area (Å²) in [6.45, 7) is 3.53. The maximum Gasteiger partial charge on any atom is 0.0458 e. The van der Waals surface area contributed by atoms with Crippen molar-refractivity contribution in [2.45, 2.75) is 38.1 Å². The van der Waals surface area contributed by atoms with E-state index in [0.717, 1.165) is 0 Å². The molecule has 1 atom stereocenters. The standard InChI is InChI=1S/C14H21N/c1-3-10-14(11-7-12-15(14)2)13-8-5-4-6-9-13/h4-6,8-9H,3,7,10-12H2,1-2H3. The molecule has 1 heteroatoms. The van der Waals surface area contributed by atoms with Gasteiger partial charge in [0.05, 0.1) is 0 Å². The predicted octanol–water partition coefficient (Wildman–Crippen LogP) is 3.41. The molecule has 82 valence electrons. The third-order valence-electron chi connectivity index (χ3n) is 3.79. The average Bonchev–Trinajstić information content (AvgIpc) is 2.63. The van der Waals surface area contributed by atoms with Crippen LogP contribution in [0.15, 0.2) is 30.3 Å². The van der Waals surface area contributed by atoms with Gasteiger partial charge >= 0.3 is 0 Å². The minimum absolute atomic E-state index is 0.329. The summed E-state index contributed by atoms with van der Waals surface area (Å²) in [5.41, 5.74) is 1.84. The fourth-order valence-corrected chi connectivity index (χ4v) is 3.00. The monoisotopic (exact) mass is 203 g/mol. The Bertz CT molecular complexity index is 306. The lowest BCUT2D eigenvalue weighted by molar-refractivity contribution is 0.159. The van der Waals surface area contributed by atoms with Gasteiger partial charge in [-0.3, -0.25) is 4.90 Å². The van der Waals surface area contributed by atoms with Crippen molar-refractivity contribution in [2.24, 2.45) is 0 Å². The van der Waals surface area contributed by atoms with Crippen LogP contribution >= 0.6 is 0 Å². The molecular weight excluding hydrogens is 182 g/mol. The normalized spacial score (nSPS) is 27.1. The van der Waals surface area contributed by atoms with Crippen molar-refractivity contribution in [3.63, 3.8) is 0 Å². The summed E-state index contributed by atoms with van der Waals surface area (Å²) in [6, 6.07) is 11.0. The van der Waals surface area contributed by atoms with Gasteiger partial charge in [0.2, 0.25) is 0 Å². The molecule has 1 aliphatic rings. The van der Waals surface area contributed by atoms with E-state index in [1.807, 2.05) is 0 Å². The summed E-state index contributed by atoms with van der Waals surface area (Å²) in [7, 11) is 2.27. The van der Waals surface area contributed by atoms with E-state index in [2.05, 4.69) is 49.2 Å². The van der Waals surface area contributed by atoms with Crippen molar-refractivity contribution < 1.29 is 0 Å². The molecule has 0 radical (unpaired) electrons. The first kappa shape index (κ1) is 10.7. The minimum Gasteiger partial charge on any atom is -0.297 e. The quantitative estimate of drug-likeness (QED) is 0.727. The van der Waals surface area contributed by atoms with Crippen molar-refractivity contribution in [1.29, 1.82) is 0 Å². The largest absolute Gasteiger partial charge is 0.297 e. The lowest BCUT2D eigenvalue weighted by Gasteiger charge is -2.37. The summed E-state index contributed by atoms with van der Waals surface area (Å²) in [5.74, 6) is 0. The number of hydrogen-bond donors (Lipinski definition) is 0. The number of hydrogen-bond acceptors (Lipinski definition) is 1. The summed E-state index contributed by atoms with van der Waals surface area (Å²) in [5, 5.41) is 0. The van der Waals surface area contributed by atoms with E-state index in [4.69, 9.17) is 0 Å². The van der Waals surface area contributed by atoms with E-state index < -0.39 is 0 Å². The van der Waals surface area contributed by atoms with Crippen LogP contribution in [0.4, 0.5) is 0 Å². The highest BCUT2D eigenvalue weighted by Gasteiger charge is 2.38. The summed E-state index contributed by atoms with van der Waals surface area (Å²) < 4.78 is 0. The minimum atomic E-state index is 0.329. The summed E-state index contributed by atoms with van der Waals surface area (Å²) in [4.78, 5) is 2.55. The number of likely N-dealkylation sites (tertiary alicyclic amines) is 1. The highest BCUT2D eigenvalue weighted by Crippen LogP contribution is 2.41. The molecule has 1 aliphatic heterocycles. The molecule has 0 N–H and O–H groups in total. The molecular formula is C14H21N. The summed E-state index contributed by atoms with van der Waals surface area (Å²) in [6.07, 6.45) is 5.21. The van der Waals surface area contributed by atoms with Gasteiger partial charge in [0.25, 0.3) is 0 Å². The average molecular weight is 203 g/mol. The van der Waals surface area contributed by atoms with E-state index in [1.165, 1.54) is 37.8 Å². The lowest BCUT2D eigenvalue weighted by atomic mass is 9.83. The first-order valence-electron chi connectivity index (χ1n) is 6.06. The fourth-order valence-electron chi connectivity index (χ4n) is 3.00. The number of benzene rings is 1. The van der Waals surface area contributed by atoms with E-state index >= 15 is 0 Å². The topological polar surface area (TPSA) is 3.24 Å². The zero-order valence-electron chi connectivity index (χ0n) is 9.87. The van der Waals surface area contributed by atoms with Gasteiger partial charge in [-0.15, -0.1) is 0 Å². The van der Waals surface area contributed by atoms with Gasteiger partial charge in [-0.05, 0) is 38.4 Å². The summed E-state index contributed by atoms with van der Waals surface area (Å²) >= 11 is 0. The Hall–Kier alpha value is -0.820. The van der Waals surface area contributed by atoms with Gasteiger partial charge in [-0.25, -0.2) is 0 Å². The second kappa shape index (κ2) is 4.36. The maximum absolute atomic E-state index is 2.55. The van der Waals surface area contributed by atoms with Crippen LogP contribution in [0.1, 0.15) is 38.2 Å². The molecule has 1 aromatic rings. The Balaban J connectivity index is 2.34. The van der Waals surface area contributed by atoms with E-state index in [0.29, 0.717) is 5.54 Å². The van der Waals surface area contributed by atoms with Crippen molar-refractivity contribution in [3.8, 4) is 0 Å². The van der Waals surface area contributed by atoms with Gasteiger partial charge in [0, 0.05) is 5.54 Å². The third-order valence-corrected chi connectivity index (χ3v) is 3.79. The van der Waals surface area contributed by atoms with E-state index in [9.17, 15) is 0 Å². The van der Waals surface area contributed by atoms with E-state index in [-0.39, 0.29) is 0 Å². The zero-order valence-corrected chi connectivity index (χ0v) is 9.87. The van der Waals surface area contributed by atoms with Gasteiger partial charge in [0.1, 0.15) is 0 Å². The molecule has 1 fully saturated rings. The van der Waals surface area contributed by atoms with Gasteiger partial charge in [-0.1, -0.05) is 43.7 Å². The van der Waals surface area contributed by atoms with Crippen LogP contribution in [-0.2, 0) is 5.54 Å². The van der Waals surface area contributed by atoms with Crippen molar-refractivity contribution in [1.82, 2.24) is 4.90 Å². The van der Waals surface area contributed by atoms with Gasteiger partial charge in [-0.2, -0.15) is 0 Å². The molecule has 1 aromatic carbocycles. The fraction of sp³-hybridized carbons (Fsp3) is 0.571. The molecule has 1 nitrogen and oxygen atoms in total. The molecule has 1 heterocycles. The van der Waals surface area contributed by atoms with Crippen molar-refractivity contribution in [2.75, 3.05) is 13.6 Å². The second-order valence-corrected chi connectivity index (χ2v) is 4.67. The number of nitrogens with zero attached hydrogens (tertiary/aromatic N) is 1. The number of rotatable bonds is 3. The Morgan fingerprint density at radius 3 is 2.53 bits per heavy atom. The zero-order chi connectivity index (χ0) is 10.7. The van der Waals surface area contributed by atoms with Crippen LogP contribution in [0.3, 0.4) is 0 Å². The van der Waals surface area contributed by atoms with Crippen molar-refractivity contribution in [3.05, 3.63) is 35.9 Å². The van der Waals surface area contributed by atoms with Crippen LogP contribution in [0, 0.1) is 0 Å².